The van der Waals surface area contributed by atoms with E-state index in [0.29, 0.717) is 5.92 Å². The first-order valence-corrected chi connectivity index (χ1v) is 29.7. The highest BCUT2D eigenvalue weighted by Gasteiger charge is 2.14. The average Bonchev–Trinajstić information content (AvgIpc) is 3.51. The number of ether oxygens (including phenoxy) is 1. The zero-order chi connectivity index (χ0) is 55.4. The van der Waals surface area contributed by atoms with Crippen molar-refractivity contribution in [2.45, 2.75) is 118 Å². The van der Waals surface area contributed by atoms with Crippen LogP contribution in [0.15, 0.2) is 194 Å². The summed E-state index contributed by atoms with van der Waals surface area (Å²) in [4.78, 5) is 2.28. The van der Waals surface area contributed by atoms with Crippen molar-refractivity contribution in [1.82, 2.24) is 0 Å². The van der Waals surface area contributed by atoms with Gasteiger partial charge in [0.2, 0.25) is 0 Å². The van der Waals surface area contributed by atoms with Gasteiger partial charge in [0, 0.05) is 39.3 Å². The molecule has 0 aromatic heterocycles. The van der Waals surface area contributed by atoms with E-state index in [-0.39, 0.29) is 0 Å². The molecular formula is C78H81NO. The lowest BCUT2D eigenvalue weighted by Gasteiger charge is -2.26. The number of rotatable bonds is 26. The van der Waals surface area contributed by atoms with E-state index >= 15 is 0 Å². The lowest BCUT2D eigenvalue weighted by atomic mass is 9.91. The molecule has 0 radical (unpaired) electrons. The molecule has 8 aromatic rings. The van der Waals surface area contributed by atoms with Crippen LogP contribution < -0.4 is 9.64 Å². The summed E-state index contributed by atoms with van der Waals surface area (Å²) in [5.41, 5.74) is 17.3. The van der Waals surface area contributed by atoms with E-state index in [1.54, 1.807) is 0 Å². The molecule has 0 aliphatic heterocycles. The quantitative estimate of drug-likeness (QED) is 0.0304. The second kappa shape index (κ2) is 31.9. The van der Waals surface area contributed by atoms with E-state index in [4.69, 9.17) is 4.74 Å². The monoisotopic (exact) mass is 1050 g/mol. The molecule has 8 rings (SSSR count). The van der Waals surface area contributed by atoms with E-state index in [0.717, 1.165) is 76.5 Å². The van der Waals surface area contributed by atoms with Gasteiger partial charge in [0.1, 0.15) is 5.75 Å². The van der Waals surface area contributed by atoms with E-state index in [1.807, 2.05) is 6.07 Å². The predicted molar refractivity (Wildman–Crippen MR) is 347 cm³/mol. The maximum atomic E-state index is 6.34. The number of unbranched alkanes of at least 4 members (excludes halogenated alkanes) is 7. The van der Waals surface area contributed by atoms with Gasteiger partial charge in [-0.05, 0) is 180 Å². The van der Waals surface area contributed by atoms with Crippen molar-refractivity contribution in [1.29, 1.82) is 0 Å². The minimum Gasteiger partial charge on any atom is -0.493 e. The van der Waals surface area contributed by atoms with Gasteiger partial charge in [0.15, 0.2) is 0 Å². The molecule has 2 nitrogen and oxygen atoms in total. The van der Waals surface area contributed by atoms with Crippen LogP contribution in [-0.2, 0) is 12.8 Å². The van der Waals surface area contributed by atoms with Crippen LogP contribution in [0.5, 0.6) is 5.75 Å². The lowest BCUT2D eigenvalue weighted by Crippen LogP contribution is -2.12. The van der Waals surface area contributed by atoms with Gasteiger partial charge in [-0.1, -0.05) is 243 Å². The second-order valence-electron chi connectivity index (χ2n) is 21.1. The van der Waals surface area contributed by atoms with Gasteiger partial charge in [-0.25, -0.2) is 0 Å². The molecule has 80 heavy (non-hydrogen) atoms. The number of hydrogen-bond donors (Lipinski definition) is 0. The topological polar surface area (TPSA) is 12.5 Å². The Morgan fingerprint density at radius 1 is 0.375 bits per heavy atom. The Balaban J connectivity index is 0.982. The molecule has 1 atom stereocenters. The minimum absolute atomic E-state index is 0.567. The van der Waals surface area contributed by atoms with Gasteiger partial charge >= 0.3 is 0 Å². The summed E-state index contributed by atoms with van der Waals surface area (Å²) in [6, 6.07) is 68.7. The van der Waals surface area contributed by atoms with Crippen molar-refractivity contribution >= 4 is 53.5 Å². The molecule has 0 bridgehead atoms. The zero-order valence-electron chi connectivity index (χ0n) is 48.0. The highest BCUT2D eigenvalue weighted by Crippen LogP contribution is 2.36. The molecule has 0 heterocycles. The van der Waals surface area contributed by atoms with Crippen molar-refractivity contribution in [2.24, 2.45) is 5.92 Å². The number of anilines is 3. The summed E-state index contributed by atoms with van der Waals surface area (Å²) in [7, 11) is 0. The Hall–Kier alpha value is -8.30. The van der Waals surface area contributed by atoms with Crippen LogP contribution in [0.3, 0.4) is 0 Å². The van der Waals surface area contributed by atoms with Crippen LogP contribution in [0.25, 0.3) is 36.5 Å². The number of nitrogens with zero attached hydrogens (tertiary/aromatic N) is 1. The summed E-state index contributed by atoms with van der Waals surface area (Å²) in [6.07, 6.45) is 30.5. The molecule has 2 heteroatoms. The van der Waals surface area contributed by atoms with Crippen molar-refractivity contribution in [3.05, 3.63) is 261 Å². The molecular weight excluding hydrogens is 967 g/mol. The molecule has 8 aromatic carbocycles. The van der Waals surface area contributed by atoms with Gasteiger partial charge in [0.05, 0.1) is 6.61 Å². The van der Waals surface area contributed by atoms with E-state index < -0.39 is 0 Å². The van der Waals surface area contributed by atoms with Crippen LogP contribution in [0.2, 0.25) is 0 Å². The smallest absolute Gasteiger partial charge is 0.119 e. The van der Waals surface area contributed by atoms with Crippen molar-refractivity contribution in [3.63, 3.8) is 0 Å². The molecule has 0 saturated carbocycles. The first kappa shape index (κ1) is 57.9. The zero-order valence-corrected chi connectivity index (χ0v) is 48.0. The first-order chi connectivity index (χ1) is 39.5. The second-order valence-corrected chi connectivity index (χ2v) is 21.1. The minimum atomic E-state index is 0.567. The molecule has 1 unspecified atom stereocenters. The van der Waals surface area contributed by atoms with Gasteiger partial charge in [-0.2, -0.15) is 0 Å². The summed E-state index contributed by atoms with van der Waals surface area (Å²) in [5, 5.41) is 0. The molecule has 0 aliphatic carbocycles. The van der Waals surface area contributed by atoms with Crippen molar-refractivity contribution in [3.8, 4) is 29.4 Å². The van der Waals surface area contributed by atoms with Crippen LogP contribution in [0, 0.1) is 29.6 Å². The predicted octanol–water partition coefficient (Wildman–Crippen LogP) is 21.3. The summed E-state index contributed by atoms with van der Waals surface area (Å²) < 4.78 is 6.34. The molecule has 0 fully saturated rings. The number of benzene rings is 8. The third-order valence-corrected chi connectivity index (χ3v) is 14.9. The van der Waals surface area contributed by atoms with E-state index in [1.165, 1.54) is 110 Å². The molecule has 0 amide bonds. The fourth-order valence-corrected chi connectivity index (χ4v) is 9.93. The highest BCUT2D eigenvalue weighted by molar-refractivity contribution is 5.79. The van der Waals surface area contributed by atoms with Crippen LogP contribution >= 0.6 is 0 Å². The molecule has 0 saturated heterocycles. The average molecular weight is 1050 g/mol. The Bertz CT molecular complexity index is 3320. The Morgan fingerprint density at radius 2 is 0.738 bits per heavy atom. The van der Waals surface area contributed by atoms with Crippen LogP contribution in [0.1, 0.15) is 172 Å². The van der Waals surface area contributed by atoms with E-state index in [2.05, 4.69) is 281 Å². The van der Waals surface area contributed by atoms with Gasteiger partial charge in [-0.15, -0.1) is 0 Å². The third-order valence-electron chi connectivity index (χ3n) is 14.9. The van der Waals surface area contributed by atoms with Gasteiger partial charge in [-0.3, -0.25) is 0 Å². The molecule has 0 aliphatic rings. The maximum Gasteiger partial charge on any atom is 0.119 e. The van der Waals surface area contributed by atoms with Gasteiger partial charge in [0.25, 0.3) is 0 Å². The normalized spacial score (nSPS) is 11.6. The van der Waals surface area contributed by atoms with E-state index in [9.17, 15) is 0 Å². The van der Waals surface area contributed by atoms with Gasteiger partial charge < -0.3 is 9.64 Å². The third kappa shape index (κ3) is 18.4. The largest absolute Gasteiger partial charge is 0.493 e. The van der Waals surface area contributed by atoms with Crippen LogP contribution in [0.4, 0.5) is 17.1 Å². The van der Waals surface area contributed by atoms with Crippen molar-refractivity contribution in [2.75, 3.05) is 11.5 Å². The summed E-state index contributed by atoms with van der Waals surface area (Å²) in [6.45, 7) is 9.84. The first-order valence-electron chi connectivity index (χ1n) is 29.7. The molecule has 0 N–H and O–H groups in total. The Kier molecular flexibility index (Phi) is 23.1. The Morgan fingerprint density at radius 3 is 1.12 bits per heavy atom. The molecule has 404 valence electrons. The SMILES string of the molecule is CCCCCCc1cc(C=Cc2ccc(C#Cc3ccc(N(c4ccc(C#Cc5ccc(C=Cc6ccccc6)cc5)cc4)c4ccc(OCC(CC)CCCC)cc4)cc3)cc2)c(CCCCCC)cc1C=Cc1ccccc1. The standard InChI is InChI=1S/C78H81NO/c1-5-9-12-20-27-71-60-74(72(28-21-13-10-6-2)59-73(71)49-43-64-25-18-15-19-26-64)50-44-68-39-35-67(36-40-68)38-42-70-47-53-76(54-48-70)79(77-55-57-78(58-56-77)80-61-62(8-4)22-11-7-3)75-51-45-69(46-52-75)41-37-66-33-31-65(32-34-66)30-29-63-23-16-14-17-24-63/h14-19,23-26,29-36,39-40,43-60,62H,5-13,20-22,27-28,61H2,1-4H3. The number of aryl methyl sites for hydroxylation is 2. The van der Waals surface area contributed by atoms with Crippen molar-refractivity contribution < 1.29 is 4.74 Å². The summed E-state index contributed by atoms with van der Waals surface area (Å²) in [5.74, 6) is 15.1. The fraction of sp³-hybridized carbons (Fsp3) is 0.256. The summed E-state index contributed by atoms with van der Waals surface area (Å²) >= 11 is 0. The fourth-order valence-electron chi connectivity index (χ4n) is 9.93. The lowest BCUT2D eigenvalue weighted by molar-refractivity contribution is 0.233. The highest BCUT2D eigenvalue weighted by atomic mass is 16.5. The Labute approximate surface area is 481 Å². The maximum absolute atomic E-state index is 6.34. The van der Waals surface area contributed by atoms with Crippen LogP contribution in [-0.4, -0.2) is 6.61 Å². The number of hydrogen-bond acceptors (Lipinski definition) is 2. The molecule has 0 spiro atoms.